The normalized spacial score (nSPS) is 20.3. The van der Waals surface area contributed by atoms with Gasteiger partial charge in [-0.15, -0.1) is 0 Å². The number of hydrogen-bond donors (Lipinski definition) is 10. The number of benzene rings is 2. The Morgan fingerprint density at radius 3 is 2.10 bits per heavy atom. The second-order valence-corrected chi connectivity index (χ2v) is 12.1. The molecular weight excluding hydrogens is 646 g/mol. The minimum absolute atomic E-state index is 0.0658. The smallest absolute Gasteiger partial charge is 0.314 e. The molecule has 1 heterocycles. The molecule has 12 N–H and O–H groups in total. The van der Waals surface area contributed by atoms with Crippen molar-refractivity contribution in [3.8, 4) is 5.75 Å². The van der Waals surface area contributed by atoms with E-state index in [1.54, 1.807) is 24.3 Å². The monoisotopic (exact) mass is 695 g/mol. The van der Waals surface area contributed by atoms with Crippen LogP contribution in [-0.2, 0) is 32.0 Å². The molecule has 8 amide bonds. The first-order valence-corrected chi connectivity index (χ1v) is 16.8. The highest BCUT2D eigenvalue weighted by atomic mass is 16.3. The molecule has 0 bridgehead atoms. The first-order chi connectivity index (χ1) is 24.0. The zero-order valence-electron chi connectivity index (χ0n) is 28.0. The van der Waals surface area contributed by atoms with Crippen molar-refractivity contribution >= 4 is 35.7 Å². The number of aromatic hydroxyl groups is 1. The molecule has 16 heteroatoms. The van der Waals surface area contributed by atoms with E-state index in [-0.39, 0.29) is 50.6 Å². The molecule has 3 rings (SSSR count). The third-order valence-electron chi connectivity index (χ3n) is 8.04. The Morgan fingerprint density at radius 1 is 0.800 bits per heavy atom. The molecule has 4 atom stereocenters. The second kappa shape index (κ2) is 20.9. The van der Waals surface area contributed by atoms with Crippen LogP contribution in [0.5, 0.6) is 5.75 Å². The van der Waals surface area contributed by atoms with Crippen molar-refractivity contribution in [2.24, 2.45) is 11.5 Å². The topological polar surface area (TPSA) is 259 Å². The van der Waals surface area contributed by atoms with Crippen molar-refractivity contribution in [2.75, 3.05) is 26.2 Å². The maximum Gasteiger partial charge on any atom is 0.314 e. The SMILES string of the molecule is NC(=O)NCCNC(=O)[C@@H]1CCCCNC(=O)NCCCC[C@@H](NC(=O)[C@@H](N)Cc2ccc(O)cc2)C(=O)N[C@@H](Cc2ccccc2)C(=O)N1. The van der Waals surface area contributed by atoms with Crippen LogP contribution < -0.4 is 48.7 Å². The Kier molecular flexibility index (Phi) is 16.3. The lowest BCUT2D eigenvalue weighted by Crippen LogP contribution is -2.58. The zero-order chi connectivity index (χ0) is 36.3. The van der Waals surface area contributed by atoms with Gasteiger partial charge in [0.05, 0.1) is 6.04 Å². The Hall–Kier alpha value is -5.38. The van der Waals surface area contributed by atoms with E-state index >= 15 is 0 Å². The highest BCUT2D eigenvalue weighted by molar-refractivity contribution is 5.95. The maximum absolute atomic E-state index is 13.8. The van der Waals surface area contributed by atoms with Gasteiger partial charge in [-0.25, -0.2) is 9.59 Å². The number of amides is 8. The molecule has 1 aliphatic rings. The summed E-state index contributed by atoms with van der Waals surface area (Å²) in [7, 11) is 0. The molecule has 50 heavy (non-hydrogen) atoms. The van der Waals surface area contributed by atoms with Gasteiger partial charge in [0.1, 0.15) is 23.9 Å². The summed E-state index contributed by atoms with van der Waals surface area (Å²) in [6.45, 7) is 0.831. The highest BCUT2D eigenvalue weighted by Crippen LogP contribution is 2.12. The van der Waals surface area contributed by atoms with Crippen LogP contribution in [0.3, 0.4) is 0 Å². The van der Waals surface area contributed by atoms with Gasteiger partial charge in [-0.3, -0.25) is 19.2 Å². The number of rotatable bonds is 10. The molecule has 0 saturated carbocycles. The first kappa shape index (κ1) is 39.1. The number of nitrogens with one attached hydrogen (secondary N) is 7. The molecular formula is C34H49N9O7. The molecule has 0 radical (unpaired) electrons. The van der Waals surface area contributed by atoms with Crippen LogP contribution in [0.4, 0.5) is 9.59 Å². The Bertz CT molecular complexity index is 1430. The molecule has 0 unspecified atom stereocenters. The summed E-state index contributed by atoms with van der Waals surface area (Å²) in [5.74, 6) is -2.22. The van der Waals surface area contributed by atoms with E-state index in [1.165, 1.54) is 12.1 Å². The largest absolute Gasteiger partial charge is 0.508 e. The summed E-state index contributed by atoms with van der Waals surface area (Å²) in [6.07, 6.45) is 2.67. The summed E-state index contributed by atoms with van der Waals surface area (Å²) in [5.41, 5.74) is 12.8. The lowest BCUT2D eigenvalue weighted by Gasteiger charge is -2.26. The number of carbonyl (C=O) groups excluding carboxylic acids is 6. The van der Waals surface area contributed by atoms with E-state index in [4.69, 9.17) is 11.5 Å². The lowest BCUT2D eigenvalue weighted by molar-refractivity contribution is -0.134. The highest BCUT2D eigenvalue weighted by Gasteiger charge is 2.30. The van der Waals surface area contributed by atoms with Gasteiger partial charge in [0.25, 0.3) is 0 Å². The van der Waals surface area contributed by atoms with E-state index in [0.29, 0.717) is 44.3 Å². The Balaban J connectivity index is 1.82. The van der Waals surface area contributed by atoms with E-state index in [1.807, 2.05) is 18.2 Å². The number of phenols is 1. The molecule has 272 valence electrons. The van der Waals surface area contributed by atoms with Crippen molar-refractivity contribution in [2.45, 2.75) is 75.5 Å². The summed E-state index contributed by atoms with van der Waals surface area (Å²) < 4.78 is 0. The first-order valence-electron chi connectivity index (χ1n) is 16.8. The fourth-order valence-corrected chi connectivity index (χ4v) is 5.31. The fourth-order valence-electron chi connectivity index (χ4n) is 5.31. The average Bonchev–Trinajstić information content (AvgIpc) is 3.09. The van der Waals surface area contributed by atoms with Crippen molar-refractivity contribution in [1.29, 1.82) is 0 Å². The molecule has 0 aromatic heterocycles. The number of phenolic OH excluding ortho intramolecular Hbond substituents is 1. The Morgan fingerprint density at radius 2 is 1.44 bits per heavy atom. The number of urea groups is 2. The summed E-state index contributed by atoms with van der Waals surface area (Å²) in [5, 5.41) is 28.5. The van der Waals surface area contributed by atoms with E-state index in [0.717, 1.165) is 5.56 Å². The van der Waals surface area contributed by atoms with E-state index in [2.05, 4.69) is 37.2 Å². The molecule has 2 aromatic carbocycles. The number of nitrogens with two attached hydrogens (primary N) is 2. The van der Waals surface area contributed by atoms with Crippen LogP contribution in [0, 0.1) is 0 Å². The van der Waals surface area contributed by atoms with Gasteiger partial charge in [-0.1, -0.05) is 42.5 Å². The number of carbonyl (C=O) groups is 6. The van der Waals surface area contributed by atoms with Crippen LogP contribution in [0.25, 0.3) is 0 Å². The number of primary amides is 1. The van der Waals surface area contributed by atoms with Gasteiger partial charge in [0, 0.05) is 32.6 Å². The molecule has 1 aliphatic heterocycles. The van der Waals surface area contributed by atoms with Gasteiger partial charge in [-0.05, 0) is 68.2 Å². The zero-order valence-corrected chi connectivity index (χ0v) is 28.0. The average molecular weight is 696 g/mol. The maximum atomic E-state index is 13.8. The van der Waals surface area contributed by atoms with Crippen LogP contribution in [0.1, 0.15) is 49.7 Å². The molecule has 16 nitrogen and oxygen atoms in total. The summed E-state index contributed by atoms with van der Waals surface area (Å²) in [4.78, 5) is 77.3. The molecule has 1 saturated heterocycles. The molecule has 1 fully saturated rings. The summed E-state index contributed by atoms with van der Waals surface area (Å²) in [6, 6.07) is 10.0. The predicted molar refractivity (Wildman–Crippen MR) is 185 cm³/mol. The van der Waals surface area contributed by atoms with Crippen molar-refractivity contribution in [3.63, 3.8) is 0 Å². The van der Waals surface area contributed by atoms with E-state index in [9.17, 15) is 33.9 Å². The fraction of sp³-hybridized carbons (Fsp3) is 0.471. The lowest BCUT2D eigenvalue weighted by atomic mass is 10.0. The standard InChI is InChI=1S/C34H49N9O7/c35-25(20-23-12-14-24(44)15-13-23)29(45)41-27-11-5-7-17-40-34(50)39-16-6-4-10-26(30(46)37-18-19-38-33(36)49)42-32(48)28(43-31(27)47)21-22-8-2-1-3-9-22/h1-3,8-9,12-15,25-28,44H,4-7,10-11,16-21,35H2,(H,37,46)(H,41,45)(H,42,48)(H,43,47)(H3,36,38,49)(H2,39,40,50)/t25-,26-,27+,28-/m0/s1. The molecule has 0 spiro atoms. The number of hydrogen-bond acceptors (Lipinski definition) is 8. The van der Waals surface area contributed by atoms with Crippen LogP contribution in [0.2, 0.25) is 0 Å². The minimum Gasteiger partial charge on any atom is -0.508 e. The Labute approximate surface area is 291 Å². The molecule has 0 aliphatic carbocycles. The quantitative estimate of drug-likeness (QED) is 0.143. The predicted octanol–water partition coefficient (Wildman–Crippen LogP) is -0.603. The molecule has 2 aromatic rings. The van der Waals surface area contributed by atoms with E-state index < -0.39 is 53.8 Å². The second-order valence-electron chi connectivity index (χ2n) is 12.1. The van der Waals surface area contributed by atoms with Crippen LogP contribution in [0.15, 0.2) is 54.6 Å². The summed E-state index contributed by atoms with van der Waals surface area (Å²) >= 11 is 0. The van der Waals surface area contributed by atoms with Crippen LogP contribution in [-0.4, -0.2) is 91.1 Å². The third kappa shape index (κ3) is 14.4. The third-order valence-corrected chi connectivity index (χ3v) is 8.04. The van der Waals surface area contributed by atoms with Gasteiger partial charge in [-0.2, -0.15) is 0 Å². The van der Waals surface area contributed by atoms with Gasteiger partial charge in [0.15, 0.2) is 0 Å². The minimum atomic E-state index is -1.11. The van der Waals surface area contributed by atoms with Gasteiger partial charge in [0.2, 0.25) is 23.6 Å². The van der Waals surface area contributed by atoms with Crippen molar-refractivity contribution < 1.29 is 33.9 Å². The van der Waals surface area contributed by atoms with Crippen molar-refractivity contribution in [3.05, 3.63) is 65.7 Å². The van der Waals surface area contributed by atoms with Gasteiger partial charge >= 0.3 is 12.1 Å². The van der Waals surface area contributed by atoms with Crippen molar-refractivity contribution in [1.82, 2.24) is 37.2 Å². The van der Waals surface area contributed by atoms with Gasteiger partial charge < -0.3 is 53.8 Å². The van der Waals surface area contributed by atoms with Crippen LogP contribution >= 0.6 is 0 Å².